The Labute approximate surface area is 103 Å². The first kappa shape index (κ1) is 13.2. The van der Waals surface area contributed by atoms with Crippen molar-refractivity contribution in [2.24, 2.45) is 0 Å². The third-order valence-corrected chi connectivity index (χ3v) is 2.40. The monoisotopic (exact) mass is 258 g/mol. The molecule has 1 unspecified atom stereocenters. The van der Waals surface area contributed by atoms with E-state index in [4.69, 9.17) is 11.6 Å². The Balaban J connectivity index is 2.90. The fourth-order valence-corrected chi connectivity index (χ4v) is 1.41. The fraction of sp³-hybridized carbons (Fsp3) is 0.300. The third-order valence-electron chi connectivity index (χ3n) is 2.08. The maximum absolute atomic E-state index is 11.2. The lowest BCUT2D eigenvalue weighted by atomic mass is 10.2. The van der Waals surface area contributed by atoms with Crippen LogP contribution in [0.4, 0.5) is 11.4 Å². The number of halogens is 1. The van der Waals surface area contributed by atoms with Crippen LogP contribution in [0.3, 0.4) is 0 Å². The van der Waals surface area contributed by atoms with Crippen LogP contribution in [0.1, 0.15) is 6.92 Å². The Bertz CT molecular complexity index is 450. The Morgan fingerprint density at radius 1 is 1.59 bits per heavy atom. The molecule has 7 heteroatoms. The molecule has 0 aromatic heterocycles. The summed E-state index contributed by atoms with van der Waals surface area (Å²) in [5, 5.41) is 13.5. The molecule has 1 aromatic rings. The van der Waals surface area contributed by atoms with Gasteiger partial charge in [-0.25, -0.2) is 4.79 Å². The topological polar surface area (TPSA) is 81.5 Å². The highest BCUT2D eigenvalue weighted by Gasteiger charge is 2.16. The highest BCUT2D eigenvalue weighted by atomic mass is 35.5. The van der Waals surface area contributed by atoms with Crippen LogP contribution in [0.15, 0.2) is 18.2 Å². The van der Waals surface area contributed by atoms with Crippen LogP contribution in [-0.4, -0.2) is 24.0 Å². The smallest absolute Gasteiger partial charge is 0.327 e. The van der Waals surface area contributed by atoms with Crippen molar-refractivity contribution in [2.75, 3.05) is 12.4 Å². The van der Waals surface area contributed by atoms with E-state index in [1.165, 1.54) is 19.2 Å². The molecule has 1 N–H and O–H groups in total. The Morgan fingerprint density at radius 2 is 2.24 bits per heavy atom. The highest BCUT2D eigenvalue weighted by molar-refractivity contribution is 6.32. The number of rotatable bonds is 4. The number of nitro benzene ring substituents is 1. The Hall–Kier alpha value is -1.82. The minimum absolute atomic E-state index is 0.0475. The molecule has 0 heterocycles. The first-order valence-electron chi connectivity index (χ1n) is 4.74. The zero-order valence-corrected chi connectivity index (χ0v) is 10.0. The molecule has 0 amide bonds. The summed E-state index contributed by atoms with van der Waals surface area (Å²) >= 11 is 5.66. The summed E-state index contributed by atoms with van der Waals surface area (Å²) in [4.78, 5) is 21.2. The van der Waals surface area contributed by atoms with Gasteiger partial charge in [0.1, 0.15) is 11.1 Å². The Kier molecular flexibility index (Phi) is 4.28. The average Bonchev–Trinajstić information content (AvgIpc) is 2.30. The van der Waals surface area contributed by atoms with E-state index in [2.05, 4.69) is 10.1 Å². The highest BCUT2D eigenvalue weighted by Crippen LogP contribution is 2.27. The molecule has 0 aliphatic carbocycles. The van der Waals surface area contributed by atoms with Gasteiger partial charge in [0, 0.05) is 11.8 Å². The number of esters is 1. The Morgan fingerprint density at radius 3 is 2.76 bits per heavy atom. The molecule has 0 fully saturated rings. The van der Waals surface area contributed by atoms with Crippen molar-refractivity contribution >= 4 is 28.9 Å². The van der Waals surface area contributed by atoms with Gasteiger partial charge in [-0.2, -0.15) is 0 Å². The summed E-state index contributed by atoms with van der Waals surface area (Å²) in [6, 6.07) is 3.61. The van der Waals surface area contributed by atoms with Crippen LogP contribution < -0.4 is 5.32 Å². The lowest BCUT2D eigenvalue weighted by Gasteiger charge is -2.12. The number of ether oxygens (including phenoxy) is 1. The van der Waals surface area contributed by atoms with E-state index in [9.17, 15) is 14.9 Å². The summed E-state index contributed by atoms with van der Waals surface area (Å²) in [5.74, 6) is -0.456. The fourth-order valence-electron chi connectivity index (χ4n) is 1.23. The van der Waals surface area contributed by atoms with Crippen molar-refractivity contribution in [2.45, 2.75) is 13.0 Å². The quantitative estimate of drug-likeness (QED) is 0.509. The van der Waals surface area contributed by atoms with Crippen LogP contribution in [0.25, 0.3) is 0 Å². The second kappa shape index (κ2) is 5.49. The molecule has 0 saturated carbocycles. The zero-order valence-electron chi connectivity index (χ0n) is 9.27. The van der Waals surface area contributed by atoms with E-state index in [1.807, 2.05) is 0 Å². The van der Waals surface area contributed by atoms with Crippen LogP contribution >= 0.6 is 11.6 Å². The van der Waals surface area contributed by atoms with Gasteiger partial charge in [0.2, 0.25) is 0 Å². The second-order valence-corrected chi connectivity index (χ2v) is 3.72. The molecule has 0 bridgehead atoms. The molecular weight excluding hydrogens is 248 g/mol. The number of carbonyl (C=O) groups excluding carboxylic acids is 1. The summed E-state index contributed by atoms with van der Waals surface area (Å²) in [6.07, 6.45) is 0. The van der Waals surface area contributed by atoms with Crippen molar-refractivity contribution in [1.29, 1.82) is 0 Å². The molecule has 17 heavy (non-hydrogen) atoms. The van der Waals surface area contributed by atoms with E-state index in [-0.39, 0.29) is 10.7 Å². The van der Waals surface area contributed by atoms with Gasteiger partial charge in [0.05, 0.1) is 12.0 Å². The SMILES string of the molecule is COC(=O)C(C)Nc1ccc(Cl)c([N+](=O)[O-])c1. The zero-order chi connectivity index (χ0) is 13.0. The van der Waals surface area contributed by atoms with Gasteiger partial charge in [-0.1, -0.05) is 11.6 Å². The molecule has 0 aliphatic rings. The minimum Gasteiger partial charge on any atom is -0.467 e. The van der Waals surface area contributed by atoms with Crippen LogP contribution in [0, 0.1) is 10.1 Å². The summed E-state index contributed by atoms with van der Waals surface area (Å²) in [7, 11) is 1.27. The van der Waals surface area contributed by atoms with E-state index < -0.39 is 16.9 Å². The van der Waals surface area contributed by atoms with Gasteiger partial charge in [-0.15, -0.1) is 0 Å². The van der Waals surface area contributed by atoms with Gasteiger partial charge >= 0.3 is 5.97 Å². The average molecular weight is 259 g/mol. The number of hydrogen-bond donors (Lipinski definition) is 1. The number of benzene rings is 1. The van der Waals surface area contributed by atoms with Gasteiger partial charge in [0.15, 0.2) is 0 Å². The molecule has 1 rings (SSSR count). The maximum Gasteiger partial charge on any atom is 0.327 e. The van der Waals surface area contributed by atoms with Gasteiger partial charge in [-0.3, -0.25) is 10.1 Å². The van der Waals surface area contributed by atoms with Crippen molar-refractivity contribution in [3.05, 3.63) is 33.3 Å². The number of nitrogens with zero attached hydrogens (tertiary/aromatic N) is 1. The molecule has 6 nitrogen and oxygen atoms in total. The molecule has 0 saturated heterocycles. The molecule has 1 atom stereocenters. The molecule has 0 aliphatic heterocycles. The summed E-state index contributed by atoms with van der Waals surface area (Å²) < 4.78 is 4.52. The minimum atomic E-state index is -0.597. The number of nitrogens with one attached hydrogen (secondary N) is 1. The van der Waals surface area contributed by atoms with Crippen molar-refractivity contribution in [3.63, 3.8) is 0 Å². The number of methoxy groups -OCH3 is 1. The molecular formula is C10H11ClN2O4. The van der Waals surface area contributed by atoms with Crippen molar-refractivity contribution in [1.82, 2.24) is 0 Å². The molecule has 92 valence electrons. The van der Waals surface area contributed by atoms with Crippen LogP contribution in [0.2, 0.25) is 5.02 Å². The van der Waals surface area contributed by atoms with E-state index in [0.717, 1.165) is 0 Å². The van der Waals surface area contributed by atoms with Gasteiger partial charge in [-0.05, 0) is 19.1 Å². The standard InChI is InChI=1S/C10H11ClN2O4/c1-6(10(14)17-2)12-7-3-4-8(11)9(5-7)13(15)16/h3-6,12H,1-2H3. The molecule has 1 aromatic carbocycles. The second-order valence-electron chi connectivity index (χ2n) is 3.31. The summed E-state index contributed by atoms with van der Waals surface area (Å²) in [6.45, 7) is 1.59. The van der Waals surface area contributed by atoms with Crippen molar-refractivity contribution < 1.29 is 14.5 Å². The number of anilines is 1. The predicted molar refractivity (Wildman–Crippen MR) is 63.2 cm³/mol. The van der Waals surface area contributed by atoms with Crippen LogP contribution in [-0.2, 0) is 9.53 Å². The number of nitro groups is 1. The number of hydrogen-bond acceptors (Lipinski definition) is 5. The number of carbonyl (C=O) groups is 1. The van der Waals surface area contributed by atoms with E-state index in [0.29, 0.717) is 5.69 Å². The normalized spacial score (nSPS) is 11.7. The molecule has 0 radical (unpaired) electrons. The first-order chi connectivity index (χ1) is 7.95. The van der Waals surface area contributed by atoms with E-state index in [1.54, 1.807) is 13.0 Å². The van der Waals surface area contributed by atoms with Gasteiger partial charge < -0.3 is 10.1 Å². The largest absolute Gasteiger partial charge is 0.467 e. The molecule has 0 spiro atoms. The summed E-state index contributed by atoms with van der Waals surface area (Å²) in [5.41, 5.74) is 0.215. The van der Waals surface area contributed by atoms with E-state index >= 15 is 0 Å². The third kappa shape index (κ3) is 3.32. The van der Waals surface area contributed by atoms with Gasteiger partial charge in [0.25, 0.3) is 5.69 Å². The first-order valence-corrected chi connectivity index (χ1v) is 5.11. The lowest BCUT2D eigenvalue weighted by Crippen LogP contribution is -2.27. The predicted octanol–water partition coefficient (Wildman–Crippen LogP) is 2.22. The van der Waals surface area contributed by atoms with Crippen molar-refractivity contribution in [3.8, 4) is 0 Å². The lowest BCUT2D eigenvalue weighted by molar-refractivity contribution is -0.384. The van der Waals surface area contributed by atoms with Crippen LogP contribution in [0.5, 0.6) is 0 Å². The maximum atomic E-state index is 11.2.